The van der Waals surface area contributed by atoms with E-state index < -0.39 is 0 Å². The second kappa shape index (κ2) is 8.73. The largest absolute Gasteiger partial charge is 0.326 e. The number of carbonyl (C=O) groups excluding carboxylic acids is 2. The maximum Gasteiger partial charge on any atom is 0.326 e. The average Bonchev–Trinajstić information content (AvgIpc) is 3.11. The van der Waals surface area contributed by atoms with Crippen molar-refractivity contribution in [1.29, 1.82) is 0 Å². The molecule has 2 aromatic carbocycles. The standard InChI is InChI=1S/C23H21FN4O2/c24-19-8-6-17(7-9-19)14-22(29)26-20-10-11-21(25-15-20)28-13-12-27(23(28)30)16-18-4-2-1-3-5-18/h1-11,15H,12-14,16H2,(H,26,29). The molecular weight excluding hydrogens is 383 g/mol. The quantitative estimate of drug-likeness (QED) is 0.679. The molecule has 1 fully saturated rings. The fourth-order valence-corrected chi connectivity index (χ4v) is 3.36. The number of nitrogens with zero attached hydrogens (tertiary/aromatic N) is 3. The minimum atomic E-state index is -0.335. The molecule has 152 valence electrons. The van der Waals surface area contributed by atoms with Gasteiger partial charge in [-0.2, -0.15) is 0 Å². The molecule has 0 bridgehead atoms. The highest BCUT2D eigenvalue weighted by molar-refractivity contribution is 5.94. The summed E-state index contributed by atoms with van der Waals surface area (Å²) in [6.07, 6.45) is 1.67. The monoisotopic (exact) mass is 404 g/mol. The van der Waals surface area contributed by atoms with Gasteiger partial charge in [-0.25, -0.2) is 14.2 Å². The third kappa shape index (κ3) is 4.63. The Hall–Kier alpha value is -3.74. The Morgan fingerprint density at radius 3 is 2.43 bits per heavy atom. The van der Waals surface area contributed by atoms with Gasteiger partial charge in [0.15, 0.2) is 0 Å². The Morgan fingerprint density at radius 1 is 0.967 bits per heavy atom. The van der Waals surface area contributed by atoms with Gasteiger partial charge in [0.2, 0.25) is 5.91 Å². The minimum absolute atomic E-state index is 0.0838. The van der Waals surface area contributed by atoms with Crippen LogP contribution < -0.4 is 10.2 Å². The number of anilines is 2. The molecule has 3 aromatic rings. The van der Waals surface area contributed by atoms with Gasteiger partial charge in [-0.3, -0.25) is 9.69 Å². The van der Waals surface area contributed by atoms with E-state index in [2.05, 4.69) is 10.3 Å². The first-order chi connectivity index (χ1) is 14.6. The molecule has 1 aliphatic heterocycles. The highest BCUT2D eigenvalue weighted by atomic mass is 19.1. The van der Waals surface area contributed by atoms with Crippen LogP contribution in [-0.4, -0.2) is 34.9 Å². The molecule has 0 unspecified atom stereocenters. The Labute approximate surface area is 174 Å². The molecule has 3 amide bonds. The van der Waals surface area contributed by atoms with Gasteiger partial charge in [-0.15, -0.1) is 0 Å². The van der Waals surface area contributed by atoms with Crippen molar-refractivity contribution in [2.45, 2.75) is 13.0 Å². The number of urea groups is 1. The molecule has 0 saturated carbocycles. The smallest absolute Gasteiger partial charge is 0.324 e. The second-order valence-corrected chi connectivity index (χ2v) is 7.10. The number of carbonyl (C=O) groups is 2. The predicted molar refractivity (Wildman–Crippen MR) is 113 cm³/mol. The van der Waals surface area contributed by atoms with Crippen LogP contribution in [0.15, 0.2) is 72.9 Å². The van der Waals surface area contributed by atoms with Crippen molar-refractivity contribution in [3.8, 4) is 0 Å². The number of amides is 3. The lowest BCUT2D eigenvalue weighted by atomic mass is 10.1. The van der Waals surface area contributed by atoms with Crippen molar-refractivity contribution in [2.24, 2.45) is 0 Å². The first-order valence-electron chi connectivity index (χ1n) is 9.69. The molecule has 0 aliphatic carbocycles. The summed E-state index contributed by atoms with van der Waals surface area (Å²) in [5.41, 5.74) is 2.35. The molecule has 0 atom stereocenters. The van der Waals surface area contributed by atoms with Crippen LogP contribution >= 0.6 is 0 Å². The number of hydrogen-bond donors (Lipinski definition) is 1. The molecule has 1 aliphatic rings. The lowest BCUT2D eigenvalue weighted by Gasteiger charge is -2.18. The van der Waals surface area contributed by atoms with E-state index in [0.717, 1.165) is 11.1 Å². The van der Waals surface area contributed by atoms with E-state index in [9.17, 15) is 14.0 Å². The van der Waals surface area contributed by atoms with Gasteiger partial charge in [-0.05, 0) is 35.4 Å². The van der Waals surface area contributed by atoms with Crippen molar-refractivity contribution in [3.05, 3.63) is 89.9 Å². The van der Waals surface area contributed by atoms with Crippen LogP contribution in [0.2, 0.25) is 0 Å². The van der Waals surface area contributed by atoms with Crippen molar-refractivity contribution >= 4 is 23.4 Å². The van der Waals surface area contributed by atoms with Crippen molar-refractivity contribution < 1.29 is 14.0 Å². The highest BCUT2D eigenvalue weighted by Crippen LogP contribution is 2.21. The SMILES string of the molecule is O=C(Cc1ccc(F)cc1)Nc1ccc(N2CCN(Cc3ccccc3)C2=O)nc1. The lowest BCUT2D eigenvalue weighted by Crippen LogP contribution is -2.31. The normalized spacial score (nSPS) is 13.6. The fraction of sp³-hybridized carbons (Fsp3) is 0.174. The van der Waals surface area contributed by atoms with E-state index in [1.54, 1.807) is 34.1 Å². The molecule has 0 spiro atoms. The number of halogens is 1. The predicted octanol–water partition coefficient (Wildman–Crippen LogP) is 3.84. The molecule has 7 heteroatoms. The van der Waals surface area contributed by atoms with Gasteiger partial charge in [0.05, 0.1) is 18.3 Å². The van der Waals surface area contributed by atoms with E-state index in [0.29, 0.717) is 31.1 Å². The molecule has 1 N–H and O–H groups in total. The summed E-state index contributed by atoms with van der Waals surface area (Å²) in [6, 6.07) is 19.0. The molecule has 6 nitrogen and oxygen atoms in total. The summed E-state index contributed by atoms with van der Waals surface area (Å²) in [5, 5.41) is 2.77. The number of pyridine rings is 1. The Morgan fingerprint density at radius 2 is 1.73 bits per heavy atom. The van der Waals surface area contributed by atoms with E-state index in [4.69, 9.17) is 0 Å². The first-order valence-corrected chi connectivity index (χ1v) is 9.69. The maximum atomic E-state index is 13.0. The molecule has 4 rings (SSSR count). The van der Waals surface area contributed by atoms with Crippen LogP contribution in [-0.2, 0) is 17.8 Å². The van der Waals surface area contributed by atoms with Gasteiger partial charge in [0, 0.05) is 19.6 Å². The lowest BCUT2D eigenvalue weighted by molar-refractivity contribution is -0.115. The van der Waals surface area contributed by atoms with Crippen LogP contribution in [0.5, 0.6) is 0 Å². The van der Waals surface area contributed by atoms with E-state index in [1.807, 2.05) is 30.3 Å². The van der Waals surface area contributed by atoms with Gasteiger partial charge in [0.25, 0.3) is 0 Å². The molecule has 1 aromatic heterocycles. The summed E-state index contributed by atoms with van der Waals surface area (Å²) < 4.78 is 13.0. The zero-order valence-corrected chi connectivity index (χ0v) is 16.3. The summed E-state index contributed by atoms with van der Waals surface area (Å²) in [4.78, 5) is 32.6. The van der Waals surface area contributed by atoms with Crippen LogP contribution in [0.25, 0.3) is 0 Å². The topological polar surface area (TPSA) is 65.5 Å². The van der Waals surface area contributed by atoms with Crippen molar-refractivity contribution in [3.63, 3.8) is 0 Å². The number of hydrogen-bond acceptors (Lipinski definition) is 3. The van der Waals surface area contributed by atoms with Crippen LogP contribution in [0.4, 0.5) is 20.7 Å². The van der Waals surface area contributed by atoms with Gasteiger partial charge in [-0.1, -0.05) is 42.5 Å². The zero-order chi connectivity index (χ0) is 20.9. The van der Waals surface area contributed by atoms with Crippen molar-refractivity contribution in [2.75, 3.05) is 23.3 Å². The van der Waals surface area contributed by atoms with Crippen molar-refractivity contribution in [1.82, 2.24) is 9.88 Å². The summed E-state index contributed by atoms with van der Waals surface area (Å²) in [6.45, 7) is 1.76. The first kappa shape index (κ1) is 19.6. The summed E-state index contributed by atoms with van der Waals surface area (Å²) in [5.74, 6) is -0.00715. The Bertz CT molecular complexity index is 1020. The summed E-state index contributed by atoms with van der Waals surface area (Å²) in [7, 11) is 0. The molecular formula is C23H21FN4O2. The zero-order valence-electron chi connectivity index (χ0n) is 16.3. The Balaban J connectivity index is 1.34. The van der Waals surface area contributed by atoms with Crippen LogP contribution in [0.3, 0.4) is 0 Å². The average molecular weight is 404 g/mol. The fourth-order valence-electron chi connectivity index (χ4n) is 3.36. The van der Waals surface area contributed by atoms with Gasteiger partial charge in [0.1, 0.15) is 11.6 Å². The minimum Gasteiger partial charge on any atom is -0.324 e. The van der Waals surface area contributed by atoms with Crippen LogP contribution in [0, 0.1) is 5.82 Å². The van der Waals surface area contributed by atoms with Gasteiger partial charge < -0.3 is 10.2 Å². The van der Waals surface area contributed by atoms with Gasteiger partial charge >= 0.3 is 6.03 Å². The molecule has 2 heterocycles. The highest BCUT2D eigenvalue weighted by Gasteiger charge is 2.30. The second-order valence-electron chi connectivity index (χ2n) is 7.10. The third-order valence-corrected chi connectivity index (χ3v) is 4.90. The number of rotatable bonds is 6. The summed E-state index contributed by atoms with van der Waals surface area (Å²) >= 11 is 0. The third-order valence-electron chi connectivity index (χ3n) is 4.90. The Kier molecular flexibility index (Phi) is 5.70. The maximum absolute atomic E-state index is 13.0. The van der Waals surface area contributed by atoms with E-state index in [-0.39, 0.29) is 24.2 Å². The number of nitrogens with one attached hydrogen (secondary N) is 1. The number of aromatic nitrogens is 1. The van der Waals surface area contributed by atoms with E-state index in [1.165, 1.54) is 18.3 Å². The van der Waals surface area contributed by atoms with Crippen LogP contribution in [0.1, 0.15) is 11.1 Å². The molecule has 0 radical (unpaired) electrons. The molecule has 30 heavy (non-hydrogen) atoms. The number of benzene rings is 2. The van der Waals surface area contributed by atoms with E-state index >= 15 is 0 Å². The molecule has 1 saturated heterocycles.